The molecule has 0 saturated carbocycles. The standard InChI is InChI=1S/C11H12FN5O/c1-6-9(13)10(17(2)16-6)15-11(18)8-4-3-7(12)5-14-8/h3-5H,13H2,1-2H3,(H,15,18). The zero-order valence-electron chi connectivity index (χ0n) is 9.94. The molecular weight excluding hydrogens is 237 g/mol. The fraction of sp³-hybridized carbons (Fsp3) is 0.182. The molecular formula is C11H12FN5O. The number of nitrogens with two attached hydrogens (primary N) is 1. The first-order valence-electron chi connectivity index (χ1n) is 5.21. The van der Waals surface area contributed by atoms with Gasteiger partial charge in [-0.05, 0) is 19.1 Å². The molecule has 0 unspecified atom stereocenters. The Balaban J connectivity index is 2.24. The Bertz CT molecular complexity index is 590. The van der Waals surface area contributed by atoms with Crippen LogP contribution in [0.3, 0.4) is 0 Å². The Morgan fingerprint density at radius 1 is 1.50 bits per heavy atom. The number of rotatable bonds is 2. The SMILES string of the molecule is Cc1nn(C)c(NC(=O)c2ccc(F)cn2)c1N. The van der Waals surface area contributed by atoms with Crippen molar-refractivity contribution in [1.82, 2.24) is 14.8 Å². The Morgan fingerprint density at radius 2 is 2.22 bits per heavy atom. The van der Waals surface area contributed by atoms with Gasteiger partial charge < -0.3 is 11.1 Å². The zero-order valence-corrected chi connectivity index (χ0v) is 9.94. The van der Waals surface area contributed by atoms with Crippen LogP contribution in [-0.2, 0) is 7.05 Å². The van der Waals surface area contributed by atoms with Crippen molar-refractivity contribution in [2.75, 3.05) is 11.1 Å². The highest BCUT2D eigenvalue weighted by Crippen LogP contribution is 2.21. The Hall–Kier alpha value is -2.44. The molecule has 2 heterocycles. The van der Waals surface area contributed by atoms with Crippen LogP contribution in [0.4, 0.5) is 15.9 Å². The van der Waals surface area contributed by atoms with E-state index in [-0.39, 0.29) is 5.69 Å². The van der Waals surface area contributed by atoms with Crippen LogP contribution in [-0.4, -0.2) is 20.7 Å². The molecule has 2 aromatic heterocycles. The highest BCUT2D eigenvalue weighted by molar-refractivity contribution is 6.03. The van der Waals surface area contributed by atoms with Crippen LogP contribution in [0.2, 0.25) is 0 Å². The molecule has 3 N–H and O–H groups in total. The van der Waals surface area contributed by atoms with Crippen LogP contribution in [0.1, 0.15) is 16.2 Å². The topological polar surface area (TPSA) is 85.8 Å². The molecule has 0 atom stereocenters. The monoisotopic (exact) mass is 249 g/mol. The van der Waals surface area contributed by atoms with Gasteiger partial charge in [-0.3, -0.25) is 9.48 Å². The highest BCUT2D eigenvalue weighted by atomic mass is 19.1. The largest absolute Gasteiger partial charge is 0.394 e. The van der Waals surface area contributed by atoms with E-state index >= 15 is 0 Å². The van der Waals surface area contributed by atoms with E-state index in [1.807, 2.05) is 0 Å². The molecule has 0 aliphatic carbocycles. The van der Waals surface area contributed by atoms with E-state index in [0.29, 0.717) is 17.2 Å². The lowest BCUT2D eigenvalue weighted by Crippen LogP contribution is -2.16. The number of pyridine rings is 1. The normalized spacial score (nSPS) is 10.4. The second-order valence-electron chi connectivity index (χ2n) is 3.79. The Morgan fingerprint density at radius 3 is 2.72 bits per heavy atom. The van der Waals surface area contributed by atoms with Gasteiger partial charge in [-0.2, -0.15) is 5.10 Å². The van der Waals surface area contributed by atoms with Crippen LogP contribution in [0.5, 0.6) is 0 Å². The van der Waals surface area contributed by atoms with Crippen molar-refractivity contribution in [3.63, 3.8) is 0 Å². The number of aromatic nitrogens is 3. The number of anilines is 2. The number of nitrogens with zero attached hydrogens (tertiary/aromatic N) is 3. The van der Waals surface area contributed by atoms with Crippen LogP contribution < -0.4 is 11.1 Å². The summed E-state index contributed by atoms with van der Waals surface area (Å²) in [4.78, 5) is 15.5. The molecule has 0 fully saturated rings. The fourth-order valence-corrected chi connectivity index (χ4v) is 1.50. The average molecular weight is 249 g/mol. The van der Waals surface area contributed by atoms with Crippen LogP contribution in [0, 0.1) is 12.7 Å². The van der Waals surface area contributed by atoms with Gasteiger partial charge in [0.25, 0.3) is 5.91 Å². The third-order valence-electron chi connectivity index (χ3n) is 2.46. The van der Waals surface area contributed by atoms with Gasteiger partial charge in [0.2, 0.25) is 0 Å². The fourth-order valence-electron chi connectivity index (χ4n) is 1.50. The van der Waals surface area contributed by atoms with Gasteiger partial charge in [-0.15, -0.1) is 0 Å². The molecule has 1 amide bonds. The number of nitrogens with one attached hydrogen (secondary N) is 1. The number of amides is 1. The molecule has 0 aliphatic heterocycles. The first-order chi connectivity index (χ1) is 8.49. The molecule has 2 aromatic rings. The molecule has 0 bridgehead atoms. The summed E-state index contributed by atoms with van der Waals surface area (Å²) in [5.74, 6) is -0.573. The first-order valence-corrected chi connectivity index (χ1v) is 5.21. The molecule has 7 heteroatoms. The number of halogens is 1. The number of hydrogen-bond donors (Lipinski definition) is 2. The van der Waals surface area contributed by atoms with Gasteiger partial charge in [0, 0.05) is 7.05 Å². The van der Waals surface area contributed by atoms with Gasteiger partial charge >= 0.3 is 0 Å². The summed E-state index contributed by atoms with van der Waals surface area (Å²) < 4.78 is 14.1. The molecule has 0 saturated heterocycles. The summed E-state index contributed by atoms with van der Waals surface area (Å²) in [6.45, 7) is 1.74. The van der Waals surface area contributed by atoms with E-state index in [9.17, 15) is 9.18 Å². The third-order valence-corrected chi connectivity index (χ3v) is 2.46. The van der Waals surface area contributed by atoms with E-state index in [2.05, 4.69) is 15.4 Å². The van der Waals surface area contributed by atoms with Gasteiger partial charge in [0.1, 0.15) is 11.5 Å². The zero-order chi connectivity index (χ0) is 13.3. The summed E-state index contributed by atoms with van der Waals surface area (Å²) in [5.41, 5.74) is 6.90. The predicted molar refractivity (Wildman–Crippen MR) is 64.5 cm³/mol. The lowest BCUT2D eigenvalue weighted by Gasteiger charge is -2.05. The molecule has 18 heavy (non-hydrogen) atoms. The van der Waals surface area contributed by atoms with Gasteiger partial charge in [-0.25, -0.2) is 9.37 Å². The van der Waals surface area contributed by atoms with Crippen molar-refractivity contribution in [3.05, 3.63) is 35.5 Å². The van der Waals surface area contributed by atoms with Gasteiger partial charge in [-0.1, -0.05) is 0 Å². The maximum absolute atomic E-state index is 12.7. The van der Waals surface area contributed by atoms with Gasteiger partial charge in [0.15, 0.2) is 5.82 Å². The molecule has 0 aromatic carbocycles. The quantitative estimate of drug-likeness (QED) is 0.834. The van der Waals surface area contributed by atoms with E-state index in [1.54, 1.807) is 14.0 Å². The molecule has 94 valence electrons. The van der Waals surface area contributed by atoms with E-state index < -0.39 is 11.7 Å². The minimum absolute atomic E-state index is 0.106. The van der Waals surface area contributed by atoms with E-state index in [1.165, 1.54) is 16.8 Å². The first kappa shape index (κ1) is 12.0. The number of carbonyl (C=O) groups is 1. The smallest absolute Gasteiger partial charge is 0.275 e. The third kappa shape index (κ3) is 2.15. The van der Waals surface area contributed by atoms with Crippen LogP contribution in [0.15, 0.2) is 18.3 Å². The average Bonchev–Trinajstić information content (AvgIpc) is 2.57. The van der Waals surface area contributed by atoms with Crippen molar-refractivity contribution in [2.24, 2.45) is 7.05 Å². The number of hydrogen-bond acceptors (Lipinski definition) is 4. The maximum Gasteiger partial charge on any atom is 0.275 e. The summed E-state index contributed by atoms with van der Waals surface area (Å²) in [6, 6.07) is 2.46. The molecule has 0 radical (unpaired) electrons. The van der Waals surface area contributed by atoms with Crippen molar-refractivity contribution >= 4 is 17.4 Å². The minimum atomic E-state index is -0.498. The van der Waals surface area contributed by atoms with Crippen molar-refractivity contribution in [2.45, 2.75) is 6.92 Å². The van der Waals surface area contributed by atoms with E-state index in [0.717, 1.165) is 6.20 Å². The highest BCUT2D eigenvalue weighted by Gasteiger charge is 2.14. The predicted octanol–water partition coefficient (Wildman–Crippen LogP) is 1.10. The molecule has 2 rings (SSSR count). The summed E-state index contributed by atoms with van der Waals surface area (Å²) in [6.07, 6.45) is 0.979. The number of nitrogen functional groups attached to an aromatic ring is 1. The van der Waals surface area contributed by atoms with Crippen LogP contribution >= 0.6 is 0 Å². The maximum atomic E-state index is 12.7. The lowest BCUT2D eigenvalue weighted by atomic mass is 10.3. The Kier molecular flexibility index (Phi) is 2.97. The van der Waals surface area contributed by atoms with Crippen LogP contribution in [0.25, 0.3) is 0 Å². The summed E-state index contributed by atoms with van der Waals surface area (Å²) in [5, 5.41) is 6.65. The molecule has 0 aliphatic rings. The van der Waals surface area contributed by atoms with Gasteiger partial charge in [0.05, 0.1) is 17.6 Å². The Labute approximate surface area is 103 Å². The second-order valence-corrected chi connectivity index (χ2v) is 3.79. The molecule has 0 spiro atoms. The van der Waals surface area contributed by atoms with Crippen molar-refractivity contribution in [1.29, 1.82) is 0 Å². The number of carbonyl (C=O) groups excluding carboxylic acids is 1. The number of aryl methyl sites for hydroxylation is 2. The minimum Gasteiger partial charge on any atom is -0.394 e. The second kappa shape index (κ2) is 4.44. The lowest BCUT2D eigenvalue weighted by molar-refractivity contribution is 0.102. The van der Waals surface area contributed by atoms with E-state index in [4.69, 9.17) is 5.73 Å². The summed E-state index contributed by atoms with van der Waals surface area (Å²) >= 11 is 0. The summed E-state index contributed by atoms with van der Waals surface area (Å²) in [7, 11) is 1.66. The van der Waals surface area contributed by atoms with Crippen molar-refractivity contribution < 1.29 is 9.18 Å². The van der Waals surface area contributed by atoms with Crippen molar-refractivity contribution in [3.8, 4) is 0 Å². The molecule has 6 nitrogen and oxygen atoms in total.